The molecule has 3 aromatic heterocycles. The summed E-state index contributed by atoms with van der Waals surface area (Å²) in [6.07, 6.45) is 3.94. The van der Waals surface area contributed by atoms with Gasteiger partial charge >= 0.3 is 11.7 Å². The topological polar surface area (TPSA) is 141 Å². The van der Waals surface area contributed by atoms with Gasteiger partial charge in [0.05, 0.1) is 13.2 Å². The van der Waals surface area contributed by atoms with Crippen molar-refractivity contribution in [2.75, 3.05) is 25.2 Å². The van der Waals surface area contributed by atoms with Crippen molar-refractivity contribution in [3.05, 3.63) is 39.2 Å². The Balaban J connectivity index is 1.76. The van der Waals surface area contributed by atoms with Crippen LogP contribution in [0.15, 0.2) is 27.9 Å². The van der Waals surface area contributed by atoms with Crippen molar-refractivity contribution >= 4 is 23.0 Å². The number of H-pyrrole nitrogens is 1. The fraction of sp³-hybridized carbons (Fsp3) is 0.450. The number of nitrogens with zero attached hydrogens (tertiary/aromatic N) is 5. The van der Waals surface area contributed by atoms with Crippen molar-refractivity contribution in [3.63, 3.8) is 0 Å². The summed E-state index contributed by atoms with van der Waals surface area (Å²) >= 11 is 0. The van der Waals surface area contributed by atoms with E-state index >= 15 is 0 Å². The summed E-state index contributed by atoms with van der Waals surface area (Å²) in [5.74, 6) is 0.801. The number of amides is 2. The maximum absolute atomic E-state index is 12.9. The zero-order valence-electron chi connectivity index (χ0n) is 17.5. The molecule has 1 saturated carbocycles. The number of fused-ring (bicyclic) bond motifs is 1. The number of pyridine rings is 1. The van der Waals surface area contributed by atoms with Crippen LogP contribution < -0.4 is 21.9 Å². The number of carbonyl (C=O) groups is 1. The number of nitrogens with one attached hydrogen (secondary N) is 1. The minimum atomic E-state index is -0.634. The summed E-state index contributed by atoms with van der Waals surface area (Å²) in [6, 6.07) is 2.70. The molecule has 1 fully saturated rings. The van der Waals surface area contributed by atoms with Crippen molar-refractivity contribution in [2.24, 2.45) is 5.73 Å². The molecule has 0 saturated heterocycles. The number of carbonyl (C=O) groups excluding carboxylic acids is 1. The molecule has 0 aromatic carbocycles. The Morgan fingerprint density at radius 1 is 1.35 bits per heavy atom. The number of urea groups is 1. The second kappa shape index (κ2) is 8.34. The molecule has 1 aliphatic carbocycles. The van der Waals surface area contributed by atoms with E-state index in [1.165, 1.54) is 22.8 Å². The Hall–Kier alpha value is -3.47. The first-order valence-corrected chi connectivity index (χ1v) is 10.2. The first kappa shape index (κ1) is 20.8. The molecule has 0 radical (unpaired) electrons. The molecule has 3 aromatic rings. The zero-order valence-corrected chi connectivity index (χ0v) is 17.5. The van der Waals surface area contributed by atoms with E-state index in [2.05, 4.69) is 15.0 Å². The Bertz CT molecular complexity index is 1220. The Morgan fingerprint density at radius 2 is 2.13 bits per heavy atom. The third-order valence-electron chi connectivity index (χ3n) is 5.25. The van der Waals surface area contributed by atoms with Crippen LogP contribution in [0.1, 0.15) is 32.2 Å². The number of aryl methyl sites for hydroxylation is 1. The number of anilines is 1. The van der Waals surface area contributed by atoms with Gasteiger partial charge in [-0.1, -0.05) is 6.92 Å². The summed E-state index contributed by atoms with van der Waals surface area (Å²) in [5.41, 5.74) is 6.03. The first-order chi connectivity index (χ1) is 15.0. The van der Waals surface area contributed by atoms with Crippen molar-refractivity contribution in [3.8, 4) is 11.4 Å². The van der Waals surface area contributed by atoms with Gasteiger partial charge in [-0.25, -0.2) is 19.6 Å². The summed E-state index contributed by atoms with van der Waals surface area (Å²) in [7, 11) is 1.53. The monoisotopic (exact) mass is 427 g/mol. The van der Waals surface area contributed by atoms with Gasteiger partial charge in [0, 0.05) is 31.5 Å². The van der Waals surface area contributed by atoms with Gasteiger partial charge in [0.2, 0.25) is 0 Å². The second-order valence-corrected chi connectivity index (χ2v) is 7.51. The number of nitrogens with two attached hydrogens (primary N) is 1. The molecule has 0 bridgehead atoms. The number of rotatable bonds is 8. The molecule has 0 spiro atoms. The summed E-state index contributed by atoms with van der Waals surface area (Å²) < 4.78 is 7.89. The van der Waals surface area contributed by atoms with E-state index in [0.29, 0.717) is 41.5 Å². The Morgan fingerprint density at radius 3 is 2.71 bits per heavy atom. The quantitative estimate of drug-likeness (QED) is 0.554. The van der Waals surface area contributed by atoms with E-state index < -0.39 is 6.03 Å². The lowest BCUT2D eigenvalue weighted by atomic mass is 10.2. The highest BCUT2D eigenvalue weighted by atomic mass is 16.5. The highest BCUT2D eigenvalue weighted by Gasteiger charge is 2.30. The van der Waals surface area contributed by atoms with E-state index in [4.69, 9.17) is 10.5 Å². The van der Waals surface area contributed by atoms with Gasteiger partial charge < -0.3 is 15.5 Å². The second-order valence-electron chi connectivity index (χ2n) is 7.51. The molecule has 164 valence electrons. The third kappa shape index (κ3) is 3.83. The van der Waals surface area contributed by atoms with E-state index in [9.17, 15) is 14.4 Å². The number of imidazole rings is 1. The van der Waals surface area contributed by atoms with Gasteiger partial charge in [-0.05, 0) is 31.4 Å². The number of primary amides is 1. The smallest absolute Gasteiger partial charge is 0.333 e. The van der Waals surface area contributed by atoms with Crippen LogP contribution in [0.25, 0.3) is 22.6 Å². The molecular weight excluding hydrogens is 402 g/mol. The molecule has 0 unspecified atom stereocenters. The standard InChI is InChI=1S/C20H25N7O4/c1-3-8-26-17-15(18(28)27(20(26)30)13-5-6-13)23-16(24-17)12-4-7-14(22-11-12)25(19(21)29)9-10-31-2/h4,7,11,13H,3,5-6,8-10H2,1-2H3,(H2,21,29)(H,23,24). The van der Waals surface area contributed by atoms with Gasteiger partial charge in [0.1, 0.15) is 17.2 Å². The minimum absolute atomic E-state index is 0.0351. The number of hydrogen-bond donors (Lipinski definition) is 2. The molecular formula is C20H25N7O4. The number of aromatic nitrogens is 5. The molecule has 0 atom stereocenters. The van der Waals surface area contributed by atoms with E-state index in [1.807, 2.05) is 6.92 Å². The lowest BCUT2D eigenvalue weighted by molar-refractivity contribution is 0.203. The van der Waals surface area contributed by atoms with Gasteiger partial charge in [-0.2, -0.15) is 0 Å². The molecule has 3 heterocycles. The van der Waals surface area contributed by atoms with E-state index in [-0.39, 0.29) is 23.8 Å². The van der Waals surface area contributed by atoms with Gasteiger partial charge in [0.15, 0.2) is 5.65 Å². The third-order valence-corrected chi connectivity index (χ3v) is 5.25. The molecule has 3 N–H and O–H groups in total. The fourth-order valence-corrected chi connectivity index (χ4v) is 3.56. The molecule has 2 amide bonds. The van der Waals surface area contributed by atoms with Crippen LogP contribution in [-0.2, 0) is 11.3 Å². The number of hydrogen-bond acceptors (Lipinski definition) is 6. The molecule has 4 rings (SSSR count). The van der Waals surface area contributed by atoms with Crippen LogP contribution in [-0.4, -0.2) is 50.4 Å². The average Bonchev–Trinajstić information content (AvgIpc) is 3.48. The van der Waals surface area contributed by atoms with Crippen LogP contribution >= 0.6 is 0 Å². The summed E-state index contributed by atoms with van der Waals surface area (Å²) in [4.78, 5) is 50.8. The highest BCUT2D eigenvalue weighted by molar-refractivity contribution is 5.89. The Labute approximate surface area is 177 Å². The maximum Gasteiger partial charge on any atom is 0.333 e. The van der Waals surface area contributed by atoms with Crippen molar-refractivity contribution in [1.82, 2.24) is 24.1 Å². The lowest BCUT2D eigenvalue weighted by Crippen LogP contribution is -2.39. The van der Waals surface area contributed by atoms with Gasteiger partial charge in [-0.3, -0.25) is 18.8 Å². The van der Waals surface area contributed by atoms with Gasteiger partial charge in [-0.15, -0.1) is 0 Å². The molecule has 0 aliphatic heterocycles. The van der Waals surface area contributed by atoms with Gasteiger partial charge in [0.25, 0.3) is 5.56 Å². The minimum Gasteiger partial charge on any atom is -0.383 e. The highest BCUT2D eigenvalue weighted by Crippen LogP contribution is 2.32. The van der Waals surface area contributed by atoms with Crippen LogP contribution in [0.3, 0.4) is 0 Å². The van der Waals surface area contributed by atoms with Crippen molar-refractivity contribution < 1.29 is 9.53 Å². The predicted molar refractivity (Wildman–Crippen MR) is 115 cm³/mol. The zero-order chi connectivity index (χ0) is 22.1. The Kier molecular flexibility index (Phi) is 5.59. The van der Waals surface area contributed by atoms with E-state index in [0.717, 1.165) is 19.3 Å². The van der Waals surface area contributed by atoms with Crippen LogP contribution in [0, 0.1) is 0 Å². The first-order valence-electron chi connectivity index (χ1n) is 10.2. The maximum atomic E-state index is 12.9. The van der Waals surface area contributed by atoms with Crippen molar-refractivity contribution in [1.29, 1.82) is 0 Å². The number of aromatic amines is 1. The van der Waals surface area contributed by atoms with E-state index in [1.54, 1.807) is 16.7 Å². The average molecular weight is 427 g/mol. The number of ether oxygens (including phenoxy) is 1. The van der Waals surface area contributed by atoms with Crippen molar-refractivity contribution in [2.45, 2.75) is 38.8 Å². The number of methoxy groups -OCH3 is 1. The SMILES string of the molecule is CCCn1c(=O)n(C2CC2)c(=O)c2[nH]c(-c3ccc(N(CCOC)C(N)=O)nc3)nc21. The normalized spacial score (nSPS) is 13.6. The predicted octanol–water partition coefficient (Wildman–Crippen LogP) is 1.22. The molecule has 11 nitrogen and oxygen atoms in total. The molecule has 1 aliphatic rings. The van der Waals surface area contributed by atoms with Crippen LogP contribution in [0.4, 0.5) is 10.6 Å². The summed E-state index contributed by atoms with van der Waals surface area (Å²) in [6.45, 7) is 3.02. The lowest BCUT2D eigenvalue weighted by Gasteiger charge is -2.18. The largest absolute Gasteiger partial charge is 0.383 e. The molecule has 11 heteroatoms. The fourth-order valence-electron chi connectivity index (χ4n) is 3.56. The van der Waals surface area contributed by atoms with Crippen LogP contribution in [0.5, 0.6) is 0 Å². The molecule has 31 heavy (non-hydrogen) atoms. The summed E-state index contributed by atoms with van der Waals surface area (Å²) in [5, 5.41) is 0. The van der Waals surface area contributed by atoms with Crippen LogP contribution in [0.2, 0.25) is 0 Å².